The van der Waals surface area contributed by atoms with Crippen LogP contribution in [0.2, 0.25) is 10.0 Å². The molecule has 4 aromatic rings. The van der Waals surface area contributed by atoms with Crippen LogP contribution in [0.4, 0.5) is 5.69 Å². The summed E-state index contributed by atoms with van der Waals surface area (Å²) in [7, 11) is -1.49. The van der Waals surface area contributed by atoms with Gasteiger partial charge in [-0.25, -0.2) is 8.42 Å². The molecule has 0 spiro atoms. The fraction of sp³-hybridized carbons (Fsp3) is 0.316. The lowest BCUT2D eigenvalue weighted by molar-refractivity contribution is -0.140. The number of ether oxygens (including phenoxy) is 2. The fourth-order valence-corrected chi connectivity index (χ4v) is 8.13. The lowest BCUT2D eigenvalue weighted by atomic mass is 9.94. The number of hydrogen-bond donors (Lipinski definition) is 1. The molecule has 1 atom stereocenters. The Kier molecular flexibility index (Phi) is 12.7. The number of carbonyl (C=O) groups is 2. The highest BCUT2D eigenvalue weighted by Gasteiger charge is 2.37. The summed E-state index contributed by atoms with van der Waals surface area (Å²) in [6.07, 6.45) is 4.96. The molecule has 1 N–H and O–H groups in total. The standard InChI is InChI=1S/C38H41Cl2N3O6S/c1-48-29-21-22-36(49-2)34(24-29)43(50(46,47)30-17-10-5-11-18-30)26-37(44)42(25-31-32(39)19-12-20-33(31)40)35(23-27-13-6-3-7-14-27)38(45)41-28-15-8-4-9-16-28/h3,5-7,10-14,17-22,24,28,35H,4,8-9,15-16,23,25-26H2,1-2H3,(H,41,45)/t35-/m1/s1. The Balaban J connectivity index is 1.63. The van der Waals surface area contributed by atoms with Gasteiger partial charge in [-0.2, -0.15) is 0 Å². The number of anilines is 1. The van der Waals surface area contributed by atoms with Crippen molar-refractivity contribution in [2.24, 2.45) is 0 Å². The summed E-state index contributed by atoms with van der Waals surface area (Å²) in [5, 5.41) is 3.82. The van der Waals surface area contributed by atoms with Gasteiger partial charge in [0.25, 0.3) is 10.0 Å². The van der Waals surface area contributed by atoms with Gasteiger partial charge >= 0.3 is 0 Å². The van der Waals surface area contributed by atoms with E-state index in [1.54, 1.807) is 48.5 Å². The van der Waals surface area contributed by atoms with Crippen LogP contribution in [-0.4, -0.2) is 58.0 Å². The Bertz CT molecular complexity index is 1850. The molecule has 1 aliphatic rings. The molecule has 0 unspecified atom stereocenters. The highest BCUT2D eigenvalue weighted by atomic mass is 35.5. The third kappa shape index (κ3) is 8.91. The van der Waals surface area contributed by atoms with Crippen molar-refractivity contribution in [3.63, 3.8) is 0 Å². The van der Waals surface area contributed by atoms with Crippen LogP contribution in [0.25, 0.3) is 0 Å². The quantitative estimate of drug-likeness (QED) is 0.146. The largest absolute Gasteiger partial charge is 0.497 e. The maximum atomic E-state index is 14.9. The molecular weight excluding hydrogens is 697 g/mol. The summed E-state index contributed by atoms with van der Waals surface area (Å²) in [6, 6.07) is 25.9. The van der Waals surface area contributed by atoms with Crippen LogP contribution in [0.15, 0.2) is 102 Å². The van der Waals surface area contributed by atoms with Gasteiger partial charge in [0.2, 0.25) is 11.8 Å². The first-order valence-electron chi connectivity index (χ1n) is 16.5. The zero-order valence-corrected chi connectivity index (χ0v) is 30.4. The molecule has 1 aliphatic carbocycles. The first-order chi connectivity index (χ1) is 24.1. The monoisotopic (exact) mass is 737 g/mol. The number of amides is 2. The van der Waals surface area contributed by atoms with Crippen LogP contribution in [-0.2, 0) is 32.6 Å². The average Bonchev–Trinajstić information content (AvgIpc) is 3.13. The van der Waals surface area contributed by atoms with Crippen molar-refractivity contribution in [1.82, 2.24) is 10.2 Å². The van der Waals surface area contributed by atoms with Crippen LogP contribution in [0.5, 0.6) is 11.5 Å². The van der Waals surface area contributed by atoms with Crippen molar-refractivity contribution >= 4 is 50.7 Å². The molecule has 0 heterocycles. The summed E-state index contributed by atoms with van der Waals surface area (Å²) in [5.74, 6) is -0.427. The molecule has 12 heteroatoms. The first-order valence-corrected chi connectivity index (χ1v) is 18.7. The molecule has 1 fully saturated rings. The normalized spacial score (nSPS) is 14.0. The van der Waals surface area contributed by atoms with Gasteiger partial charge in [0.1, 0.15) is 24.1 Å². The first kappa shape index (κ1) is 37.0. The maximum Gasteiger partial charge on any atom is 0.264 e. The summed E-state index contributed by atoms with van der Waals surface area (Å²) >= 11 is 13.3. The van der Waals surface area contributed by atoms with Gasteiger partial charge in [0.15, 0.2) is 0 Å². The van der Waals surface area contributed by atoms with E-state index in [4.69, 9.17) is 32.7 Å². The minimum absolute atomic E-state index is 0.0331. The van der Waals surface area contributed by atoms with Crippen LogP contribution in [0.3, 0.4) is 0 Å². The summed E-state index contributed by atoms with van der Waals surface area (Å²) < 4.78 is 40.9. The SMILES string of the molecule is COc1ccc(OC)c(N(CC(=O)N(Cc2c(Cl)cccc2Cl)[C@H](Cc2ccccc2)C(=O)NC2CCCCC2)S(=O)(=O)c2ccccc2)c1. The predicted molar refractivity (Wildman–Crippen MR) is 196 cm³/mol. The predicted octanol–water partition coefficient (Wildman–Crippen LogP) is 7.29. The fourth-order valence-electron chi connectivity index (χ4n) is 6.18. The Labute approximate surface area is 304 Å². The molecule has 0 saturated heterocycles. The van der Waals surface area contributed by atoms with Gasteiger partial charge in [-0.1, -0.05) is 97.1 Å². The molecule has 0 radical (unpaired) electrons. The zero-order valence-electron chi connectivity index (χ0n) is 28.1. The van der Waals surface area contributed by atoms with E-state index >= 15 is 0 Å². The Morgan fingerprint density at radius 2 is 1.48 bits per heavy atom. The topological polar surface area (TPSA) is 105 Å². The van der Waals surface area contributed by atoms with Crippen LogP contribution in [0, 0.1) is 0 Å². The number of nitrogens with zero attached hydrogens (tertiary/aromatic N) is 2. The molecule has 2 amide bonds. The van der Waals surface area contributed by atoms with Gasteiger partial charge in [-0.15, -0.1) is 0 Å². The smallest absolute Gasteiger partial charge is 0.264 e. The number of rotatable bonds is 14. The second-order valence-electron chi connectivity index (χ2n) is 12.1. The molecule has 50 heavy (non-hydrogen) atoms. The Morgan fingerprint density at radius 1 is 0.840 bits per heavy atom. The summed E-state index contributed by atoms with van der Waals surface area (Å²) in [5.41, 5.74) is 1.35. The van der Waals surface area contributed by atoms with Crippen molar-refractivity contribution in [3.05, 3.63) is 118 Å². The molecule has 264 valence electrons. The van der Waals surface area contributed by atoms with Crippen LogP contribution >= 0.6 is 23.2 Å². The molecule has 0 bridgehead atoms. The van der Waals surface area contributed by atoms with E-state index in [0.717, 1.165) is 42.0 Å². The van der Waals surface area contributed by atoms with Crippen molar-refractivity contribution in [3.8, 4) is 11.5 Å². The van der Waals surface area contributed by atoms with Gasteiger partial charge in [-0.05, 0) is 54.8 Å². The minimum Gasteiger partial charge on any atom is -0.497 e. The second kappa shape index (κ2) is 17.1. The van der Waals surface area contributed by atoms with Gasteiger partial charge < -0.3 is 19.7 Å². The third-order valence-electron chi connectivity index (χ3n) is 8.88. The second-order valence-corrected chi connectivity index (χ2v) is 14.8. The Morgan fingerprint density at radius 3 is 2.10 bits per heavy atom. The van der Waals surface area contributed by atoms with E-state index in [1.165, 1.54) is 37.3 Å². The molecule has 0 aromatic heterocycles. The van der Waals surface area contributed by atoms with Crippen molar-refractivity contribution in [1.29, 1.82) is 0 Å². The van der Waals surface area contributed by atoms with E-state index in [2.05, 4.69) is 5.32 Å². The molecule has 4 aromatic carbocycles. The van der Waals surface area contributed by atoms with Gasteiger partial charge in [0, 0.05) is 40.7 Å². The molecule has 0 aliphatic heterocycles. The highest BCUT2D eigenvalue weighted by molar-refractivity contribution is 7.92. The lowest BCUT2D eigenvalue weighted by Crippen LogP contribution is -2.55. The minimum atomic E-state index is -4.36. The average molecular weight is 739 g/mol. The van der Waals surface area contributed by atoms with Gasteiger partial charge in [-0.3, -0.25) is 13.9 Å². The zero-order chi connectivity index (χ0) is 35.7. The van der Waals surface area contributed by atoms with E-state index < -0.39 is 28.5 Å². The molecule has 1 saturated carbocycles. The number of hydrogen-bond acceptors (Lipinski definition) is 6. The van der Waals surface area contributed by atoms with Crippen LogP contribution < -0.4 is 19.1 Å². The molecular formula is C38H41Cl2N3O6S. The van der Waals surface area contributed by atoms with Crippen LogP contribution in [0.1, 0.15) is 43.2 Å². The van der Waals surface area contributed by atoms with E-state index in [0.29, 0.717) is 21.4 Å². The number of halogens is 2. The summed E-state index contributed by atoms with van der Waals surface area (Å²) in [4.78, 5) is 30.6. The molecule has 9 nitrogen and oxygen atoms in total. The van der Waals surface area contributed by atoms with E-state index in [1.807, 2.05) is 30.3 Å². The molecule has 5 rings (SSSR count). The number of nitrogens with one attached hydrogen (secondary N) is 1. The van der Waals surface area contributed by atoms with Gasteiger partial charge in [0.05, 0.1) is 24.8 Å². The third-order valence-corrected chi connectivity index (χ3v) is 11.4. The number of sulfonamides is 1. The number of carbonyl (C=O) groups excluding carboxylic acids is 2. The number of benzene rings is 4. The van der Waals surface area contributed by atoms with E-state index in [9.17, 15) is 18.0 Å². The lowest BCUT2D eigenvalue weighted by Gasteiger charge is -2.35. The highest BCUT2D eigenvalue weighted by Crippen LogP contribution is 2.36. The summed E-state index contributed by atoms with van der Waals surface area (Å²) in [6.45, 7) is -0.827. The van der Waals surface area contributed by atoms with Crippen molar-refractivity contribution in [2.45, 2.75) is 62.0 Å². The maximum absolute atomic E-state index is 14.9. The van der Waals surface area contributed by atoms with E-state index in [-0.39, 0.29) is 41.2 Å². The Hall–Kier alpha value is -4.25. The van der Waals surface area contributed by atoms with Crippen molar-refractivity contribution in [2.75, 3.05) is 25.1 Å². The van der Waals surface area contributed by atoms with Crippen molar-refractivity contribution < 1.29 is 27.5 Å². The number of methoxy groups -OCH3 is 2.